The summed E-state index contributed by atoms with van der Waals surface area (Å²) < 4.78 is 0. The second kappa shape index (κ2) is 5.83. The number of piperazine rings is 1. The number of hydrogen-bond donors (Lipinski definition) is 1. The molecule has 3 nitrogen and oxygen atoms in total. The third-order valence-electron chi connectivity index (χ3n) is 3.48. The van der Waals surface area contributed by atoms with Crippen molar-refractivity contribution < 1.29 is 0 Å². The molecule has 0 radical (unpaired) electrons. The van der Waals surface area contributed by atoms with Crippen LogP contribution in [-0.4, -0.2) is 56.1 Å². The van der Waals surface area contributed by atoms with Crippen molar-refractivity contribution >= 4 is 0 Å². The second-order valence-electron chi connectivity index (χ2n) is 5.62. The van der Waals surface area contributed by atoms with Crippen LogP contribution in [0.5, 0.6) is 0 Å². The lowest BCUT2D eigenvalue weighted by atomic mass is 9.88. The zero-order valence-corrected chi connectivity index (χ0v) is 10.6. The molecule has 1 aliphatic heterocycles. The molecule has 1 aliphatic rings. The minimum atomic E-state index is 0.326. The van der Waals surface area contributed by atoms with E-state index in [4.69, 9.17) is 5.73 Å². The van der Waals surface area contributed by atoms with E-state index in [1.54, 1.807) is 0 Å². The van der Waals surface area contributed by atoms with E-state index in [0.29, 0.717) is 5.41 Å². The number of rotatable bonds is 5. The van der Waals surface area contributed by atoms with Crippen LogP contribution in [0.25, 0.3) is 0 Å². The zero-order valence-electron chi connectivity index (χ0n) is 10.6. The molecule has 1 saturated heterocycles. The Balaban J connectivity index is 2.10. The van der Waals surface area contributed by atoms with Crippen molar-refractivity contribution in [2.24, 2.45) is 11.1 Å². The molecule has 1 fully saturated rings. The summed E-state index contributed by atoms with van der Waals surface area (Å²) >= 11 is 0. The predicted molar refractivity (Wildman–Crippen MR) is 66.0 cm³/mol. The van der Waals surface area contributed by atoms with Crippen molar-refractivity contribution in [1.29, 1.82) is 0 Å². The molecule has 3 heteroatoms. The van der Waals surface area contributed by atoms with E-state index in [9.17, 15) is 0 Å². The molecule has 0 aromatic carbocycles. The summed E-state index contributed by atoms with van der Waals surface area (Å²) in [5.74, 6) is 0. The Labute approximate surface area is 94.6 Å². The lowest BCUT2D eigenvalue weighted by Crippen LogP contribution is -2.44. The van der Waals surface area contributed by atoms with Gasteiger partial charge in [0, 0.05) is 26.2 Å². The molecule has 15 heavy (non-hydrogen) atoms. The third kappa shape index (κ3) is 4.96. The molecule has 1 heterocycles. The SMILES string of the molecule is CN1CCN(CCCC(C)(C)CN)CC1. The normalized spacial score (nSPS) is 20.8. The third-order valence-corrected chi connectivity index (χ3v) is 3.48. The smallest absolute Gasteiger partial charge is 0.0110 e. The van der Waals surface area contributed by atoms with E-state index < -0.39 is 0 Å². The molecule has 0 aliphatic carbocycles. The monoisotopic (exact) mass is 213 g/mol. The molecule has 1 rings (SSSR count). The highest BCUT2D eigenvalue weighted by molar-refractivity contribution is 4.73. The number of likely N-dealkylation sites (N-methyl/N-ethyl adjacent to an activating group) is 1. The van der Waals surface area contributed by atoms with Crippen LogP contribution in [0, 0.1) is 5.41 Å². The minimum Gasteiger partial charge on any atom is -0.330 e. The maximum atomic E-state index is 5.72. The largest absolute Gasteiger partial charge is 0.330 e. The number of hydrogen-bond acceptors (Lipinski definition) is 3. The summed E-state index contributed by atoms with van der Waals surface area (Å²) in [7, 11) is 2.20. The van der Waals surface area contributed by atoms with Crippen LogP contribution in [0.2, 0.25) is 0 Å². The van der Waals surface area contributed by atoms with Gasteiger partial charge in [0.25, 0.3) is 0 Å². The Morgan fingerprint density at radius 3 is 2.27 bits per heavy atom. The molecular weight excluding hydrogens is 186 g/mol. The highest BCUT2D eigenvalue weighted by Gasteiger charge is 2.17. The van der Waals surface area contributed by atoms with Crippen LogP contribution in [-0.2, 0) is 0 Å². The summed E-state index contributed by atoms with van der Waals surface area (Å²) in [5.41, 5.74) is 6.05. The first kappa shape index (κ1) is 12.9. The number of nitrogens with zero attached hydrogens (tertiary/aromatic N) is 2. The first-order valence-electron chi connectivity index (χ1n) is 6.14. The second-order valence-corrected chi connectivity index (χ2v) is 5.62. The summed E-state index contributed by atoms with van der Waals surface area (Å²) in [4.78, 5) is 4.98. The van der Waals surface area contributed by atoms with Gasteiger partial charge in [-0.2, -0.15) is 0 Å². The van der Waals surface area contributed by atoms with Gasteiger partial charge >= 0.3 is 0 Å². The lowest BCUT2D eigenvalue weighted by Gasteiger charge is -2.33. The molecule has 0 aromatic heterocycles. The van der Waals surface area contributed by atoms with Crippen LogP contribution in [0.1, 0.15) is 26.7 Å². The van der Waals surface area contributed by atoms with Gasteiger partial charge < -0.3 is 15.5 Å². The average molecular weight is 213 g/mol. The quantitative estimate of drug-likeness (QED) is 0.739. The maximum absolute atomic E-state index is 5.72. The van der Waals surface area contributed by atoms with Crippen LogP contribution in [0.3, 0.4) is 0 Å². The first-order valence-corrected chi connectivity index (χ1v) is 6.14. The van der Waals surface area contributed by atoms with E-state index >= 15 is 0 Å². The number of nitrogens with two attached hydrogens (primary N) is 1. The lowest BCUT2D eigenvalue weighted by molar-refractivity contribution is 0.147. The Hall–Kier alpha value is -0.120. The summed E-state index contributed by atoms with van der Waals surface area (Å²) in [6.07, 6.45) is 2.53. The molecule has 0 saturated carbocycles. The fourth-order valence-corrected chi connectivity index (χ4v) is 1.95. The van der Waals surface area contributed by atoms with Gasteiger partial charge in [0.2, 0.25) is 0 Å². The van der Waals surface area contributed by atoms with E-state index in [-0.39, 0.29) is 0 Å². The topological polar surface area (TPSA) is 32.5 Å². The summed E-state index contributed by atoms with van der Waals surface area (Å²) in [5, 5.41) is 0. The Morgan fingerprint density at radius 2 is 1.73 bits per heavy atom. The molecule has 0 bridgehead atoms. The molecule has 0 atom stereocenters. The highest BCUT2D eigenvalue weighted by Crippen LogP contribution is 2.20. The average Bonchev–Trinajstić information content (AvgIpc) is 2.21. The molecule has 0 spiro atoms. The maximum Gasteiger partial charge on any atom is 0.0110 e. The van der Waals surface area contributed by atoms with Crippen molar-refractivity contribution in [3.63, 3.8) is 0 Å². The van der Waals surface area contributed by atoms with Crippen molar-refractivity contribution in [2.45, 2.75) is 26.7 Å². The van der Waals surface area contributed by atoms with Gasteiger partial charge in [-0.25, -0.2) is 0 Å². The molecule has 0 aromatic rings. The van der Waals surface area contributed by atoms with E-state index in [1.165, 1.54) is 45.6 Å². The fraction of sp³-hybridized carbons (Fsp3) is 1.00. The van der Waals surface area contributed by atoms with Gasteiger partial charge in [0.15, 0.2) is 0 Å². The molecule has 0 amide bonds. The van der Waals surface area contributed by atoms with Crippen LogP contribution in [0.4, 0.5) is 0 Å². The van der Waals surface area contributed by atoms with Gasteiger partial charge in [-0.05, 0) is 38.4 Å². The molecule has 0 unspecified atom stereocenters. The predicted octanol–water partition coefficient (Wildman–Crippen LogP) is 0.999. The van der Waals surface area contributed by atoms with Gasteiger partial charge in [0.1, 0.15) is 0 Å². The molecule has 90 valence electrons. The van der Waals surface area contributed by atoms with Crippen molar-refractivity contribution in [2.75, 3.05) is 46.3 Å². The van der Waals surface area contributed by atoms with Crippen molar-refractivity contribution in [1.82, 2.24) is 9.80 Å². The summed E-state index contributed by atoms with van der Waals surface area (Å²) in [6.45, 7) is 11.5. The highest BCUT2D eigenvalue weighted by atomic mass is 15.2. The van der Waals surface area contributed by atoms with Gasteiger partial charge in [-0.15, -0.1) is 0 Å². The Kier molecular flexibility index (Phi) is 5.03. The van der Waals surface area contributed by atoms with E-state index in [2.05, 4.69) is 30.7 Å². The van der Waals surface area contributed by atoms with Crippen molar-refractivity contribution in [3.05, 3.63) is 0 Å². The first-order chi connectivity index (χ1) is 7.03. The Morgan fingerprint density at radius 1 is 1.13 bits per heavy atom. The van der Waals surface area contributed by atoms with E-state index in [1.807, 2.05) is 0 Å². The fourth-order valence-electron chi connectivity index (χ4n) is 1.95. The Bertz CT molecular complexity index is 172. The van der Waals surface area contributed by atoms with Gasteiger partial charge in [-0.3, -0.25) is 0 Å². The zero-order chi connectivity index (χ0) is 11.3. The van der Waals surface area contributed by atoms with Gasteiger partial charge in [-0.1, -0.05) is 13.8 Å². The minimum absolute atomic E-state index is 0.326. The van der Waals surface area contributed by atoms with Crippen molar-refractivity contribution in [3.8, 4) is 0 Å². The molecule has 2 N–H and O–H groups in total. The van der Waals surface area contributed by atoms with Crippen LogP contribution >= 0.6 is 0 Å². The standard InChI is InChI=1S/C12H27N3/c1-12(2,11-13)5-4-6-15-9-7-14(3)8-10-15/h4-11,13H2,1-3H3. The van der Waals surface area contributed by atoms with Crippen LogP contribution in [0.15, 0.2) is 0 Å². The van der Waals surface area contributed by atoms with Gasteiger partial charge in [0.05, 0.1) is 0 Å². The van der Waals surface area contributed by atoms with Crippen LogP contribution < -0.4 is 5.73 Å². The summed E-state index contributed by atoms with van der Waals surface area (Å²) in [6, 6.07) is 0. The van der Waals surface area contributed by atoms with E-state index in [0.717, 1.165) is 6.54 Å². The molecular formula is C12H27N3.